The van der Waals surface area contributed by atoms with E-state index in [1.165, 1.54) is 11.1 Å². The minimum atomic E-state index is -0.0213. The maximum atomic E-state index is 10.6. The Morgan fingerprint density at radius 2 is 1.74 bits per heavy atom. The quantitative estimate of drug-likeness (QED) is 0.795. The Hall–Kier alpha value is -1.32. The molecule has 0 aliphatic heterocycles. The van der Waals surface area contributed by atoms with Crippen LogP contribution in [0.4, 0.5) is 5.69 Å². The number of anilines is 1. The first-order valence-electron chi connectivity index (χ1n) is 6.72. The lowest BCUT2D eigenvalue weighted by molar-refractivity contribution is 0.176. The molecular weight excluding hydrogens is 236 g/mol. The summed E-state index contributed by atoms with van der Waals surface area (Å²) in [5.74, 6) is 0. The predicted octanol–water partition coefficient (Wildman–Crippen LogP) is 3.76. The Kier molecular flexibility index (Phi) is 3.45. The van der Waals surface area contributed by atoms with Gasteiger partial charge in [0.05, 0.1) is 0 Å². The van der Waals surface area contributed by atoms with Crippen molar-refractivity contribution in [2.24, 2.45) is 16.6 Å². The average molecular weight is 259 g/mol. The topological polar surface area (TPSA) is 61.1 Å². The lowest BCUT2D eigenvalue weighted by atomic mass is 9.62. The fraction of sp³-hybridized carbons (Fsp3) is 0.500. The van der Waals surface area contributed by atoms with Gasteiger partial charge in [-0.1, -0.05) is 45.9 Å². The third-order valence-corrected chi connectivity index (χ3v) is 4.21. The van der Waals surface area contributed by atoms with Gasteiger partial charge < -0.3 is 16.4 Å². The van der Waals surface area contributed by atoms with Gasteiger partial charge in [-0.2, -0.15) is 0 Å². The molecule has 0 saturated heterocycles. The summed E-state index contributed by atoms with van der Waals surface area (Å²) in [5, 5.41) is 10.6. The number of allylic oxidation sites excluding steroid dienone is 1. The number of nitrogens with two attached hydrogens (primary N) is 1. The molecule has 1 atom stereocenters. The van der Waals surface area contributed by atoms with E-state index in [9.17, 15) is 5.21 Å². The van der Waals surface area contributed by atoms with E-state index in [0.717, 1.165) is 6.42 Å². The van der Waals surface area contributed by atoms with Crippen molar-refractivity contribution < 1.29 is 0 Å². The summed E-state index contributed by atoms with van der Waals surface area (Å²) in [6.07, 6.45) is 3.24. The zero-order chi connectivity index (χ0) is 14.3. The Labute approximate surface area is 115 Å². The van der Waals surface area contributed by atoms with E-state index in [1.54, 1.807) is 0 Å². The highest BCUT2D eigenvalue weighted by Gasteiger charge is 2.41. The Morgan fingerprint density at radius 3 is 2.21 bits per heavy atom. The van der Waals surface area contributed by atoms with E-state index >= 15 is 0 Å². The fourth-order valence-corrected chi connectivity index (χ4v) is 3.14. The standard InChI is InChI=1S/C16H23N2O/c1-15(2)9-12(10-16(3,4)14(15)17)11-5-7-13(18-19)8-6-11/h5-9,14,18H,10,17H2,1-4H3/q-1. The van der Waals surface area contributed by atoms with Gasteiger partial charge in [-0.15, -0.1) is 0 Å². The van der Waals surface area contributed by atoms with E-state index in [-0.39, 0.29) is 16.9 Å². The predicted molar refractivity (Wildman–Crippen MR) is 81.6 cm³/mol. The molecule has 2 rings (SSSR count). The second-order valence-electron chi connectivity index (χ2n) is 6.81. The number of hydrogen-bond acceptors (Lipinski definition) is 3. The molecule has 1 aromatic carbocycles. The van der Waals surface area contributed by atoms with E-state index in [4.69, 9.17) is 5.73 Å². The minimum Gasteiger partial charge on any atom is -0.761 e. The van der Waals surface area contributed by atoms with Crippen LogP contribution in [0.5, 0.6) is 0 Å². The molecule has 0 heterocycles. The van der Waals surface area contributed by atoms with Gasteiger partial charge in [0.15, 0.2) is 0 Å². The molecule has 104 valence electrons. The van der Waals surface area contributed by atoms with Crippen LogP contribution in [0.15, 0.2) is 30.3 Å². The van der Waals surface area contributed by atoms with Crippen LogP contribution < -0.4 is 11.2 Å². The second kappa shape index (κ2) is 4.66. The van der Waals surface area contributed by atoms with Gasteiger partial charge >= 0.3 is 0 Å². The summed E-state index contributed by atoms with van der Waals surface area (Å²) in [6, 6.07) is 7.77. The van der Waals surface area contributed by atoms with Gasteiger partial charge in [0, 0.05) is 11.7 Å². The molecule has 3 heteroatoms. The number of benzene rings is 1. The molecule has 0 radical (unpaired) electrons. The molecule has 0 aromatic heterocycles. The van der Waals surface area contributed by atoms with Gasteiger partial charge in [-0.25, -0.2) is 0 Å². The zero-order valence-corrected chi connectivity index (χ0v) is 12.2. The van der Waals surface area contributed by atoms with Crippen LogP contribution >= 0.6 is 0 Å². The summed E-state index contributed by atoms with van der Waals surface area (Å²) in [4.78, 5) is 0. The first-order valence-corrected chi connectivity index (χ1v) is 6.72. The highest BCUT2D eigenvalue weighted by molar-refractivity contribution is 5.69. The summed E-state index contributed by atoms with van der Waals surface area (Å²) in [5.41, 5.74) is 11.4. The SMILES string of the molecule is CC1(C)C=C(c2ccc(N[O-])cc2)CC(C)(C)C1N. The normalized spacial score (nSPS) is 24.7. The van der Waals surface area contributed by atoms with Crippen molar-refractivity contribution in [3.05, 3.63) is 41.1 Å². The minimum absolute atomic E-state index is 0.0213. The molecule has 0 fully saturated rings. The molecule has 1 aliphatic rings. The molecule has 0 spiro atoms. The molecule has 0 bridgehead atoms. The van der Waals surface area contributed by atoms with Crippen LogP contribution in [0.1, 0.15) is 39.7 Å². The van der Waals surface area contributed by atoms with Crippen molar-refractivity contribution in [1.82, 2.24) is 0 Å². The average Bonchev–Trinajstić information content (AvgIpc) is 2.35. The first-order chi connectivity index (χ1) is 8.76. The van der Waals surface area contributed by atoms with Crippen molar-refractivity contribution in [2.45, 2.75) is 40.2 Å². The number of nitrogens with one attached hydrogen (secondary N) is 1. The summed E-state index contributed by atoms with van der Waals surface area (Å²) < 4.78 is 0. The third-order valence-electron chi connectivity index (χ3n) is 4.21. The van der Waals surface area contributed by atoms with E-state index in [2.05, 4.69) is 33.8 Å². The van der Waals surface area contributed by atoms with Gasteiger partial charge in [0.25, 0.3) is 0 Å². The lowest BCUT2D eigenvalue weighted by Gasteiger charge is -2.46. The van der Waals surface area contributed by atoms with Crippen molar-refractivity contribution in [2.75, 3.05) is 5.48 Å². The van der Waals surface area contributed by atoms with Gasteiger partial charge in [0.1, 0.15) is 0 Å². The molecule has 1 unspecified atom stereocenters. The Bertz CT molecular complexity index is 486. The van der Waals surface area contributed by atoms with Crippen LogP contribution in [0.2, 0.25) is 0 Å². The Morgan fingerprint density at radius 1 is 1.16 bits per heavy atom. The molecule has 1 aromatic rings. The monoisotopic (exact) mass is 259 g/mol. The number of rotatable bonds is 2. The maximum Gasteiger partial charge on any atom is 0.0233 e. The molecule has 3 nitrogen and oxygen atoms in total. The molecule has 0 saturated carbocycles. The van der Waals surface area contributed by atoms with Gasteiger partial charge in [-0.05, 0) is 40.5 Å². The highest BCUT2D eigenvalue weighted by atomic mass is 16.5. The first kappa shape index (κ1) is 14.1. The summed E-state index contributed by atoms with van der Waals surface area (Å²) >= 11 is 0. The maximum absolute atomic E-state index is 10.6. The van der Waals surface area contributed by atoms with Crippen molar-refractivity contribution in [3.8, 4) is 0 Å². The largest absolute Gasteiger partial charge is 0.761 e. The molecule has 3 N–H and O–H groups in total. The van der Waals surface area contributed by atoms with E-state index < -0.39 is 0 Å². The molecule has 0 amide bonds. The second-order valence-corrected chi connectivity index (χ2v) is 6.81. The molecular formula is C16H23N2O-. The van der Waals surface area contributed by atoms with Crippen LogP contribution in [0, 0.1) is 16.0 Å². The van der Waals surface area contributed by atoms with E-state index in [1.807, 2.05) is 29.7 Å². The van der Waals surface area contributed by atoms with Crippen LogP contribution in [-0.2, 0) is 0 Å². The summed E-state index contributed by atoms with van der Waals surface area (Å²) in [6.45, 7) is 8.82. The molecule has 19 heavy (non-hydrogen) atoms. The van der Waals surface area contributed by atoms with Crippen molar-refractivity contribution >= 4 is 11.3 Å². The Balaban J connectivity index is 2.38. The van der Waals surface area contributed by atoms with Crippen LogP contribution in [0.3, 0.4) is 0 Å². The lowest BCUT2D eigenvalue weighted by Crippen LogP contribution is -2.49. The van der Waals surface area contributed by atoms with Gasteiger partial charge in [-0.3, -0.25) is 0 Å². The van der Waals surface area contributed by atoms with Crippen LogP contribution in [-0.4, -0.2) is 6.04 Å². The van der Waals surface area contributed by atoms with Crippen LogP contribution in [0.25, 0.3) is 5.57 Å². The number of hydrogen-bond donors (Lipinski definition) is 2. The molecule has 1 aliphatic carbocycles. The van der Waals surface area contributed by atoms with Crippen molar-refractivity contribution in [1.29, 1.82) is 0 Å². The fourth-order valence-electron chi connectivity index (χ4n) is 3.14. The van der Waals surface area contributed by atoms with Gasteiger partial charge in [0.2, 0.25) is 0 Å². The summed E-state index contributed by atoms with van der Waals surface area (Å²) in [7, 11) is 0. The van der Waals surface area contributed by atoms with E-state index in [0.29, 0.717) is 5.69 Å². The van der Waals surface area contributed by atoms with Crippen molar-refractivity contribution in [3.63, 3.8) is 0 Å². The third kappa shape index (κ3) is 2.67. The smallest absolute Gasteiger partial charge is 0.0233 e. The highest BCUT2D eigenvalue weighted by Crippen LogP contribution is 2.46. The zero-order valence-electron chi connectivity index (χ0n) is 12.2.